The van der Waals surface area contributed by atoms with Gasteiger partial charge in [-0.3, -0.25) is 9.59 Å². The molecule has 1 atom stereocenters. The van der Waals surface area contributed by atoms with E-state index in [0.29, 0.717) is 18.0 Å². The molecular weight excluding hydrogens is 402 g/mol. The Morgan fingerprint density at radius 3 is 2.36 bits per heavy atom. The molecule has 7 heteroatoms. The molecule has 0 spiro atoms. The molecule has 25 heavy (non-hydrogen) atoms. The fourth-order valence-corrected chi connectivity index (χ4v) is 4.15. The Labute approximate surface area is 159 Å². The molecule has 1 fully saturated rings. The monoisotopic (exact) mass is 421 g/mol. The number of hydrogen-bond donors (Lipinski definition) is 1. The van der Waals surface area contributed by atoms with E-state index in [1.165, 1.54) is 17.0 Å². The van der Waals surface area contributed by atoms with Gasteiger partial charge >= 0.3 is 0 Å². The third-order valence-electron chi connectivity index (χ3n) is 4.23. The minimum atomic E-state index is -0.531. The van der Waals surface area contributed by atoms with E-state index < -0.39 is 6.04 Å². The van der Waals surface area contributed by atoms with Crippen LogP contribution in [0.2, 0.25) is 0 Å². The van der Waals surface area contributed by atoms with Crippen LogP contribution in [0, 0.1) is 0 Å². The molecule has 0 unspecified atom stereocenters. The van der Waals surface area contributed by atoms with Gasteiger partial charge in [0.25, 0.3) is 5.91 Å². The lowest BCUT2D eigenvalue weighted by Gasteiger charge is -2.37. The van der Waals surface area contributed by atoms with Crippen molar-refractivity contribution in [3.8, 4) is 0 Å². The van der Waals surface area contributed by atoms with E-state index in [4.69, 9.17) is 0 Å². The number of rotatable bonds is 4. The zero-order valence-electron chi connectivity index (χ0n) is 13.9. The molecule has 1 aromatic carbocycles. The number of benzene rings is 1. The summed E-state index contributed by atoms with van der Waals surface area (Å²) in [6, 6.07) is 13.3. The van der Waals surface area contributed by atoms with Gasteiger partial charge in [0, 0.05) is 31.9 Å². The number of carbonyl (C=O) groups excluding carboxylic acids is 2. The van der Waals surface area contributed by atoms with E-state index in [1.54, 1.807) is 13.0 Å². The largest absolute Gasteiger partial charge is 0.368 e. The lowest BCUT2D eigenvalue weighted by Crippen LogP contribution is -2.54. The maximum atomic E-state index is 12.6. The smallest absolute Gasteiger partial charge is 0.262 e. The van der Waals surface area contributed by atoms with Crippen molar-refractivity contribution in [1.29, 1.82) is 0 Å². The number of anilines is 1. The lowest BCUT2D eigenvalue weighted by molar-refractivity contribution is -0.133. The number of nitrogens with one attached hydrogen (secondary N) is 1. The molecule has 1 aliphatic heterocycles. The maximum Gasteiger partial charge on any atom is 0.262 e. The molecule has 0 radical (unpaired) electrons. The molecule has 2 amide bonds. The third-order valence-corrected chi connectivity index (χ3v) is 5.85. The van der Waals surface area contributed by atoms with Crippen molar-refractivity contribution in [1.82, 2.24) is 10.2 Å². The molecule has 2 aromatic rings. The summed E-state index contributed by atoms with van der Waals surface area (Å²) in [5.74, 6) is -0.240. The number of carbonyl (C=O) groups is 2. The van der Waals surface area contributed by atoms with Crippen LogP contribution in [-0.4, -0.2) is 48.9 Å². The fourth-order valence-electron chi connectivity index (χ4n) is 2.86. The van der Waals surface area contributed by atoms with E-state index in [1.807, 2.05) is 29.2 Å². The molecule has 3 rings (SSSR count). The Bertz CT molecular complexity index is 742. The summed E-state index contributed by atoms with van der Waals surface area (Å²) >= 11 is 4.70. The molecule has 1 aromatic heterocycles. The van der Waals surface area contributed by atoms with Crippen molar-refractivity contribution >= 4 is 44.8 Å². The lowest BCUT2D eigenvalue weighted by atomic mass is 10.2. The predicted octanol–water partition coefficient (Wildman–Crippen LogP) is 2.98. The highest BCUT2D eigenvalue weighted by molar-refractivity contribution is 9.11. The molecule has 1 saturated heterocycles. The van der Waals surface area contributed by atoms with Gasteiger partial charge in [0.05, 0.1) is 8.66 Å². The summed E-state index contributed by atoms with van der Waals surface area (Å²) < 4.78 is 0.897. The van der Waals surface area contributed by atoms with Crippen molar-refractivity contribution in [3.63, 3.8) is 0 Å². The second-order valence-corrected chi connectivity index (χ2v) is 8.41. The minimum absolute atomic E-state index is 0.0308. The molecule has 0 aliphatic carbocycles. The second kappa shape index (κ2) is 8.01. The summed E-state index contributed by atoms with van der Waals surface area (Å²) in [6.07, 6.45) is 0. The first-order chi connectivity index (χ1) is 12.0. The number of para-hydroxylation sites is 1. The highest BCUT2D eigenvalue weighted by Crippen LogP contribution is 2.22. The predicted molar refractivity (Wildman–Crippen MR) is 104 cm³/mol. The molecule has 0 saturated carbocycles. The summed E-state index contributed by atoms with van der Waals surface area (Å²) in [6.45, 7) is 4.67. The molecule has 0 bridgehead atoms. The van der Waals surface area contributed by atoms with Gasteiger partial charge in [0.1, 0.15) is 6.04 Å². The summed E-state index contributed by atoms with van der Waals surface area (Å²) in [7, 11) is 0. The Hall–Kier alpha value is -1.86. The topological polar surface area (TPSA) is 52.7 Å². The van der Waals surface area contributed by atoms with E-state index in [2.05, 4.69) is 38.3 Å². The highest BCUT2D eigenvalue weighted by atomic mass is 79.9. The van der Waals surface area contributed by atoms with Crippen molar-refractivity contribution in [2.75, 3.05) is 31.1 Å². The Kier molecular flexibility index (Phi) is 5.75. The number of nitrogens with zero attached hydrogens (tertiary/aromatic N) is 2. The van der Waals surface area contributed by atoms with Crippen LogP contribution in [0.1, 0.15) is 16.6 Å². The number of hydrogen-bond acceptors (Lipinski definition) is 4. The maximum absolute atomic E-state index is 12.6. The summed E-state index contributed by atoms with van der Waals surface area (Å²) in [5, 5.41) is 2.80. The SMILES string of the molecule is C[C@@H](NC(=O)c1ccc(Br)s1)C(=O)N1CCN(c2ccccc2)CC1. The van der Waals surface area contributed by atoms with Crippen LogP contribution < -0.4 is 10.2 Å². The number of piperazine rings is 1. The minimum Gasteiger partial charge on any atom is -0.368 e. The van der Waals surface area contributed by atoms with Gasteiger partial charge in [-0.2, -0.15) is 0 Å². The first-order valence-electron chi connectivity index (χ1n) is 8.19. The zero-order valence-corrected chi connectivity index (χ0v) is 16.3. The van der Waals surface area contributed by atoms with Crippen molar-refractivity contribution in [2.45, 2.75) is 13.0 Å². The molecule has 2 heterocycles. The van der Waals surface area contributed by atoms with Crippen LogP contribution >= 0.6 is 27.3 Å². The second-order valence-electron chi connectivity index (χ2n) is 5.95. The van der Waals surface area contributed by atoms with Crippen molar-refractivity contribution < 1.29 is 9.59 Å². The van der Waals surface area contributed by atoms with Gasteiger partial charge in [0.15, 0.2) is 0 Å². The molecule has 1 N–H and O–H groups in total. The quantitative estimate of drug-likeness (QED) is 0.825. The first kappa shape index (κ1) is 17.9. The van der Waals surface area contributed by atoms with Crippen LogP contribution in [0.5, 0.6) is 0 Å². The van der Waals surface area contributed by atoms with E-state index >= 15 is 0 Å². The van der Waals surface area contributed by atoms with Gasteiger partial charge in [0.2, 0.25) is 5.91 Å². The number of amides is 2. The van der Waals surface area contributed by atoms with Crippen LogP contribution in [0.3, 0.4) is 0 Å². The standard InChI is InChI=1S/C18H20BrN3O2S/c1-13(20-17(23)15-7-8-16(19)25-15)18(24)22-11-9-21(10-12-22)14-5-3-2-4-6-14/h2-8,13H,9-12H2,1H3,(H,20,23)/t13-/m1/s1. The van der Waals surface area contributed by atoms with Crippen LogP contribution in [0.25, 0.3) is 0 Å². The Balaban J connectivity index is 1.52. The van der Waals surface area contributed by atoms with Gasteiger partial charge in [-0.05, 0) is 47.1 Å². The third kappa shape index (κ3) is 4.41. The van der Waals surface area contributed by atoms with E-state index in [0.717, 1.165) is 16.9 Å². The fraction of sp³-hybridized carbons (Fsp3) is 0.333. The van der Waals surface area contributed by atoms with Crippen LogP contribution in [-0.2, 0) is 4.79 Å². The number of thiophene rings is 1. The van der Waals surface area contributed by atoms with Crippen molar-refractivity contribution in [3.05, 3.63) is 51.1 Å². The normalized spacial score (nSPS) is 15.8. The molecule has 5 nitrogen and oxygen atoms in total. The molecule has 132 valence electrons. The van der Waals surface area contributed by atoms with Gasteiger partial charge in [-0.1, -0.05) is 18.2 Å². The molecule has 1 aliphatic rings. The van der Waals surface area contributed by atoms with Crippen LogP contribution in [0.15, 0.2) is 46.3 Å². The Morgan fingerprint density at radius 2 is 1.76 bits per heavy atom. The number of halogens is 1. The van der Waals surface area contributed by atoms with Gasteiger partial charge in [-0.25, -0.2) is 0 Å². The highest BCUT2D eigenvalue weighted by Gasteiger charge is 2.26. The van der Waals surface area contributed by atoms with E-state index in [9.17, 15) is 9.59 Å². The van der Waals surface area contributed by atoms with E-state index in [-0.39, 0.29) is 11.8 Å². The molecular formula is C18H20BrN3O2S. The van der Waals surface area contributed by atoms with Crippen molar-refractivity contribution in [2.24, 2.45) is 0 Å². The summed E-state index contributed by atoms with van der Waals surface area (Å²) in [5.41, 5.74) is 1.18. The van der Waals surface area contributed by atoms with Gasteiger partial charge in [-0.15, -0.1) is 11.3 Å². The first-order valence-corrected chi connectivity index (χ1v) is 9.80. The van der Waals surface area contributed by atoms with Gasteiger partial charge < -0.3 is 15.1 Å². The summed E-state index contributed by atoms with van der Waals surface area (Å²) in [4.78, 5) is 29.5. The zero-order chi connectivity index (χ0) is 17.8. The van der Waals surface area contributed by atoms with Crippen LogP contribution in [0.4, 0.5) is 5.69 Å². The Morgan fingerprint density at radius 1 is 1.08 bits per heavy atom. The average Bonchev–Trinajstić information content (AvgIpc) is 3.08. The average molecular weight is 422 g/mol.